The number of hydrogen-bond acceptors (Lipinski definition) is 3. The summed E-state index contributed by atoms with van der Waals surface area (Å²) in [5.74, 6) is 0. The van der Waals surface area contributed by atoms with E-state index in [4.69, 9.17) is 0 Å². The van der Waals surface area contributed by atoms with Gasteiger partial charge >= 0.3 is 11.1 Å². The predicted molar refractivity (Wildman–Crippen MR) is 68.2 cm³/mol. The van der Waals surface area contributed by atoms with Gasteiger partial charge in [-0.3, -0.25) is 9.59 Å². The van der Waals surface area contributed by atoms with Crippen LogP contribution in [0.2, 0.25) is 0 Å². The lowest BCUT2D eigenvalue weighted by Gasteiger charge is -2.30. The molecule has 0 amide bonds. The van der Waals surface area contributed by atoms with Crippen molar-refractivity contribution in [2.75, 3.05) is 7.05 Å². The minimum absolute atomic E-state index is 0.0231. The van der Waals surface area contributed by atoms with Crippen molar-refractivity contribution in [3.05, 3.63) is 33.1 Å². The molecule has 0 saturated carbocycles. The van der Waals surface area contributed by atoms with Crippen LogP contribution in [0.25, 0.3) is 0 Å². The molecule has 0 aromatic carbocycles. The fourth-order valence-electron chi connectivity index (χ4n) is 1.73. The largest absolute Gasteiger partial charge is 0.316 e. The van der Waals surface area contributed by atoms with Gasteiger partial charge in [-0.15, -0.1) is 0 Å². The first kappa shape index (κ1) is 13.7. The van der Waals surface area contributed by atoms with Gasteiger partial charge in [0.15, 0.2) is 0 Å². The van der Waals surface area contributed by atoms with Gasteiger partial charge in [-0.2, -0.15) is 0 Å². The molecule has 0 aliphatic rings. The van der Waals surface area contributed by atoms with Gasteiger partial charge in [0, 0.05) is 32.0 Å². The summed E-state index contributed by atoms with van der Waals surface area (Å²) in [6.45, 7) is 6.79. The summed E-state index contributed by atoms with van der Waals surface area (Å²) in [7, 11) is 3.44. The summed E-state index contributed by atoms with van der Waals surface area (Å²) < 4.78 is 2.76. The van der Waals surface area contributed by atoms with Crippen molar-refractivity contribution in [2.24, 2.45) is 12.5 Å². The quantitative estimate of drug-likeness (QED) is 0.766. The van der Waals surface area contributed by atoms with E-state index in [-0.39, 0.29) is 11.5 Å². The van der Waals surface area contributed by atoms with Crippen LogP contribution >= 0.6 is 0 Å². The first-order valence-electron chi connectivity index (χ1n) is 5.70. The Kier molecular flexibility index (Phi) is 3.93. The Morgan fingerprint density at radius 3 is 2.29 bits per heavy atom. The highest BCUT2D eigenvalue weighted by atomic mass is 16.2. The lowest BCUT2D eigenvalue weighted by Crippen LogP contribution is -2.47. The van der Waals surface area contributed by atoms with E-state index in [9.17, 15) is 9.59 Å². The Bertz CT molecular complexity index is 494. The summed E-state index contributed by atoms with van der Waals surface area (Å²) in [6.07, 6.45) is 3.26. The van der Waals surface area contributed by atoms with E-state index in [1.807, 2.05) is 7.05 Å². The van der Waals surface area contributed by atoms with Gasteiger partial charge in [-0.1, -0.05) is 20.8 Å². The summed E-state index contributed by atoms with van der Waals surface area (Å²) >= 11 is 0. The van der Waals surface area contributed by atoms with Crippen molar-refractivity contribution in [3.63, 3.8) is 0 Å². The van der Waals surface area contributed by atoms with Crippen molar-refractivity contribution in [3.8, 4) is 0 Å². The molecule has 1 unspecified atom stereocenters. The maximum absolute atomic E-state index is 11.8. The lowest BCUT2D eigenvalue weighted by molar-refractivity contribution is 0.251. The minimum atomic E-state index is -0.490. The molecule has 1 aromatic heterocycles. The van der Waals surface area contributed by atoms with E-state index < -0.39 is 11.1 Å². The third-order valence-corrected chi connectivity index (χ3v) is 3.01. The normalized spacial score (nSPS) is 13.7. The molecule has 0 fully saturated rings. The number of nitrogens with zero attached hydrogens (tertiary/aromatic N) is 2. The Morgan fingerprint density at radius 1 is 1.24 bits per heavy atom. The fraction of sp³-hybridized carbons (Fsp3) is 0.667. The molecule has 0 bridgehead atoms. The number of nitrogens with one attached hydrogen (secondary N) is 1. The highest BCUT2D eigenvalue weighted by Crippen LogP contribution is 2.19. The Morgan fingerprint density at radius 2 is 1.82 bits per heavy atom. The molecule has 0 aliphatic carbocycles. The second-order valence-corrected chi connectivity index (χ2v) is 5.38. The Balaban J connectivity index is 3.08. The molecule has 5 heteroatoms. The van der Waals surface area contributed by atoms with Crippen LogP contribution in [0.5, 0.6) is 0 Å². The summed E-state index contributed by atoms with van der Waals surface area (Å²) in [5.41, 5.74) is -0.939. The van der Waals surface area contributed by atoms with E-state index in [0.29, 0.717) is 6.54 Å². The van der Waals surface area contributed by atoms with Crippen LogP contribution in [-0.4, -0.2) is 22.2 Å². The zero-order valence-electron chi connectivity index (χ0n) is 11.2. The van der Waals surface area contributed by atoms with Crippen LogP contribution < -0.4 is 16.4 Å². The van der Waals surface area contributed by atoms with E-state index >= 15 is 0 Å². The number of aromatic nitrogens is 2. The molecule has 0 aliphatic heterocycles. The number of rotatable bonds is 3. The summed E-state index contributed by atoms with van der Waals surface area (Å²) in [5, 5.41) is 3.18. The second-order valence-electron chi connectivity index (χ2n) is 5.38. The molecular formula is C12H21N3O2. The molecule has 1 heterocycles. The molecule has 1 N–H and O–H groups in total. The molecular weight excluding hydrogens is 218 g/mol. The maximum Gasteiger partial charge on any atom is 0.316 e. The maximum atomic E-state index is 11.8. The summed E-state index contributed by atoms with van der Waals surface area (Å²) in [6, 6.07) is 0.132. The molecule has 0 spiro atoms. The van der Waals surface area contributed by atoms with Crippen LogP contribution in [0.1, 0.15) is 20.8 Å². The van der Waals surface area contributed by atoms with Gasteiger partial charge in [0.05, 0.1) is 0 Å². The van der Waals surface area contributed by atoms with Crippen molar-refractivity contribution in [2.45, 2.75) is 33.4 Å². The van der Waals surface area contributed by atoms with Crippen molar-refractivity contribution in [1.82, 2.24) is 14.5 Å². The standard InChI is InChI=1S/C12H21N3O2/c1-12(2,3)9(13-4)8-15-7-6-14(5)10(16)11(15)17/h6-7,9,13H,8H2,1-5H3. The molecule has 1 atom stereocenters. The first-order chi connectivity index (χ1) is 7.77. The van der Waals surface area contributed by atoms with Crippen LogP contribution in [-0.2, 0) is 13.6 Å². The van der Waals surface area contributed by atoms with Gasteiger partial charge in [0.2, 0.25) is 0 Å². The second kappa shape index (κ2) is 4.87. The van der Waals surface area contributed by atoms with Crippen molar-refractivity contribution < 1.29 is 0 Å². The SMILES string of the molecule is CNC(Cn1ccn(C)c(=O)c1=O)C(C)(C)C. The van der Waals surface area contributed by atoms with Gasteiger partial charge in [-0.05, 0) is 12.5 Å². The minimum Gasteiger partial charge on any atom is -0.315 e. The lowest BCUT2D eigenvalue weighted by atomic mass is 9.87. The molecule has 1 aromatic rings. The van der Waals surface area contributed by atoms with Crippen molar-refractivity contribution >= 4 is 0 Å². The van der Waals surface area contributed by atoms with E-state index in [1.54, 1.807) is 19.4 Å². The van der Waals surface area contributed by atoms with E-state index in [2.05, 4.69) is 26.1 Å². The average molecular weight is 239 g/mol. The predicted octanol–water partition coefficient (Wildman–Crippen LogP) is 0.181. The smallest absolute Gasteiger partial charge is 0.315 e. The van der Waals surface area contributed by atoms with Gasteiger partial charge in [0.1, 0.15) is 0 Å². The highest BCUT2D eigenvalue weighted by Gasteiger charge is 2.23. The molecule has 0 saturated heterocycles. The Hall–Kier alpha value is -1.36. The summed E-state index contributed by atoms with van der Waals surface area (Å²) in [4.78, 5) is 23.3. The third-order valence-electron chi connectivity index (χ3n) is 3.01. The third kappa shape index (κ3) is 3.06. The Labute approximate surface area is 101 Å². The molecule has 5 nitrogen and oxygen atoms in total. The molecule has 17 heavy (non-hydrogen) atoms. The topological polar surface area (TPSA) is 56.0 Å². The van der Waals surface area contributed by atoms with Gasteiger partial charge in [0.25, 0.3) is 0 Å². The fourth-order valence-corrected chi connectivity index (χ4v) is 1.73. The van der Waals surface area contributed by atoms with Crippen LogP contribution in [0.4, 0.5) is 0 Å². The molecule has 96 valence electrons. The van der Waals surface area contributed by atoms with E-state index in [0.717, 1.165) is 0 Å². The van der Waals surface area contributed by atoms with Crippen LogP contribution in [0.3, 0.4) is 0 Å². The highest BCUT2D eigenvalue weighted by molar-refractivity contribution is 4.88. The van der Waals surface area contributed by atoms with Crippen molar-refractivity contribution in [1.29, 1.82) is 0 Å². The zero-order chi connectivity index (χ0) is 13.2. The molecule has 1 rings (SSSR count). The van der Waals surface area contributed by atoms with E-state index in [1.165, 1.54) is 9.13 Å². The van der Waals surface area contributed by atoms with Crippen LogP contribution in [0, 0.1) is 5.41 Å². The van der Waals surface area contributed by atoms with Gasteiger partial charge in [-0.25, -0.2) is 0 Å². The number of hydrogen-bond donors (Lipinski definition) is 1. The zero-order valence-corrected chi connectivity index (χ0v) is 11.2. The first-order valence-corrected chi connectivity index (χ1v) is 5.70. The average Bonchev–Trinajstić information content (AvgIpc) is 2.23. The molecule has 0 radical (unpaired) electrons. The number of likely N-dealkylation sites (N-methyl/N-ethyl adjacent to an activating group) is 1. The number of aryl methyl sites for hydroxylation is 1. The van der Waals surface area contributed by atoms with Crippen LogP contribution in [0.15, 0.2) is 22.0 Å². The van der Waals surface area contributed by atoms with Gasteiger partial charge < -0.3 is 14.5 Å². The monoisotopic (exact) mass is 239 g/mol.